The lowest BCUT2D eigenvalue weighted by Crippen LogP contribution is -2.13. The fourth-order valence-electron chi connectivity index (χ4n) is 2.66. The Morgan fingerprint density at radius 2 is 1.93 bits per heavy atom. The van der Waals surface area contributed by atoms with Crippen LogP contribution in [0, 0.1) is 6.92 Å². The summed E-state index contributed by atoms with van der Waals surface area (Å²) in [5.41, 5.74) is 1.79. The standard InChI is InChI=1S/C18H13Cl2N5O2S/c1-9-22-23-18-25(9)24-17(28-18)10-3-5-12(6-4-10)21-16(26)13-7-11(19)8-14(20)15(13)27-2/h3-8H,1-2H3,(H,21,26). The smallest absolute Gasteiger partial charge is 0.259 e. The Balaban J connectivity index is 1.57. The van der Waals surface area contributed by atoms with Gasteiger partial charge in [0.2, 0.25) is 4.96 Å². The Bertz CT molecular complexity index is 1190. The molecule has 0 radical (unpaired) electrons. The largest absolute Gasteiger partial charge is 0.494 e. The van der Waals surface area contributed by atoms with E-state index in [1.807, 2.05) is 19.1 Å². The molecule has 28 heavy (non-hydrogen) atoms. The number of benzene rings is 2. The molecule has 10 heteroatoms. The Morgan fingerprint density at radius 1 is 1.18 bits per heavy atom. The number of fused-ring (bicyclic) bond motifs is 1. The molecule has 142 valence electrons. The second-order valence-corrected chi connectivity index (χ2v) is 7.65. The Kier molecular flexibility index (Phi) is 4.92. The summed E-state index contributed by atoms with van der Waals surface area (Å²) in [4.78, 5) is 13.4. The van der Waals surface area contributed by atoms with E-state index in [2.05, 4.69) is 20.6 Å². The number of hydrogen-bond donors (Lipinski definition) is 1. The molecule has 0 saturated carbocycles. The quantitative estimate of drug-likeness (QED) is 0.502. The van der Waals surface area contributed by atoms with E-state index in [4.69, 9.17) is 27.9 Å². The van der Waals surface area contributed by atoms with Crippen LogP contribution < -0.4 is 10.1 Å². The molecular formula is C18H13Cl2N5O2S. The summed E-state index contributed by atoms with van der Waals surface area (Å²) >= 11 is 13.6. The molecule has 0 aliphatic carbocycles. The number of carbonyl (C=O) groups is 1. The van der Waals surface area contributed by atoms with Crippen molar-refractivity contribution in [1.82, 2.24) is 19.8 Å². The second kappa shape index (κ2) is 7.38. The summed E-state index contributed by atoms with van der Waals surface area (Å²) in [5.74, 6) is 0.634. The average Bonchev–Trinajstić information content (AvgIpc) is 3.24. The molecule has 0 aliphatic heterocycles. The number of carbonyl (C=O) groups excluding carboxylic acids is 1. The molecule has 2 heterocycles. The van der Waals surface area contributed by atoms with Crippen LogP contribution in [0.25, 0.3) is 15.5 Å². The van der Waals surface area contributed by atoms with Crippen LogP contribution in [0.1, 0.15) is 16.2 Å². The number of hydrogen-bond acceptors (Lipinski definition) is 6. The zero-order valence-corrected chi connectivity index (χ0v) is 17.1. The van der Waals surface area contributed by atoms with E-state index >= 15 is 0 Å². The molecule has 7 nitrogen and oxygen atoms in total. The zero-order chi connectivity index (χ0) is 19.8. The predicted octanol–water partition coefficient (Wildman–Crippen LogP) is 4.73. The van der Waals surface area contributed by atoms with Crippen LogP contribution in [0.2, 0.25) is 10.0 Å². The maximum atomic E-state index is 12.6. The molecule has 0 saturated heterocycles. The number of nitrogens with one attached hydrogen (secondary N) is 1. The molecule has 0 atom stereocenters. The maximum absolute atomic E-state index is 12.6. The van der Waals surface area contributed by atoms with Gasteiger partial charge in [-0.1, -0.05) is 34.5 Å². The Hall–Kier alpha value is -2.68. The number of amides is 1. The van der Waals surface area contributed by atoms with Gasteiger partial charge in [-0.05, 0) is 43.3 Å². The fourth-order valence-corrected chi connectivity index (χ4v) is 4.12. The number of methoxy groups -OCH3 is 1. The van der Waals surface area contributed by atoms with E-state index in [1.165, 1.54) is 30.6 Å². The first-order chi connectivity index (χ1) is 13.5. The number of rotatable bonds is 4. The van der Waals surface area contributed by atoms with Gasteiger partial charge in [0, 0.05) is 16.3 Å². The van der Waals surface area contributed by atoms with Gasteiger partial charge in [0.1, 0.15) is 10.8 Å². The summed E-state index contributed by atoms with van der Waals surface area (Å²) in [6.07, 6.45) is 0. The number of ether oxygens (including phenoxy) is 1. The van der Waals surface area contributed by atoms with Crippen LogP contribution in [-0.4, -0.2) is 32.8 Å². The molecule has 0 bridgehead atoms. The highest BCUT2D eigenvalue weighted by atomic mass is 35.5. The van der Waals surface area contributed by atoms with Gasteiger partial charge >= 0.3 is 0 Å². The van der Waals surface area contributed by atoms with Gasteiger partial charge in [-0.2, -0.15) is 9.61 Å². The lowest BCUT2D eigenvalue weighted by Gasteiger charge is -2.11. The minimum Gasteiger partial charge on any atom is -0.494 e. The Morgan fingerprint density at radius 3 is 2.61 bits per heavy atom. The van der Waals surface area contributed by atoms with E-state index in [0.717, 1.165) is 21.4 Å². The van der Waals surface area contributed by atoms with Crippen molar-refractivity contribution < 1.29 is 9.53 Å². The third-order valence-corrected chi connectivity index (χ3v) is 5.44. The summed E-state index contributed by atoms with van der Waals surface area (Å²) < 4.78 is 6.93. The van der Waals surface area contributed by atoms with Gasteiger partial charge in [-0.25, -0.2) is 0 Å². The number of aromatic nitrogens is 4. The van der Waals surface area contributed by atoms with Gasteiger partial charge in [0.25, 0.3) is 5.91 Å². The minimum atomic E-state index is -0.372. The summed E-state index contributed by atoms with van der Waals surface area (Å²) in [6, 6.07) is 10.4. The number of anilines is 1. The highest BCUT2D eigenvalue weighted by Crippen LogP contribution is 2.33. The van der Waals surface area contributed by atoms with Crippen molar-refractivity contribution in [3.63, 3.8) is 0 Å². The van der Waals surface area contributed by atoms with E-state index in [0.29, 0.717) is 10.7 Å². The van der Waals surface area contributed by atoms with E-state index < -0.39 is 0 Å². The second-order valence-electron chi connectivity index (χ2n) is 5.85. The van der Waals surface area contributed by atoms with Crippen molar-refractivity contribution >= 4 is 51.1 Å². The fraction of sp³-hybridized carbons (Fsp3) is 0.111. The van der Waals surface area contributed by atoms with E-state index in [-0.39, 0.29) is 22.2 Å². The molecule has 0 spiro atoms. The van der Waals surface area contributed by atoms with Crippen LogP contribution in [0.15, 0.2) is 36.4 Å². The Labute approximate surface area is 173 Å². The van der Waals surface area contributed by atoms with Gasteiger partial charge < -0.3 is 10.1 Å². The predicted molar refractivity (Wildman–Crippen MR) is 110 cm³/mol. The maximum Gasteiger partial charge on any atom is 0.259 e. The van der Waals surface area contributed by atoms with Crippen molar-refractivity contribution in [2.24, 2.45) is 0 Å². The number of halogens is 2. The first kappa shape index (κ1) is 18.7. The molecule has 2 aromatic carbocycles. The molecule has 0 unspecified atom stereocenters. The van der Waals surface area contributed by atoms with Gasteiger partial charge in [0.15, 0.2) is 5.82 Å². The summed E-state index contributed by atoms with van der Waals surface area (Å²) in [7, 11) is 1.45. The molecule has 2 aromatic heterocycles. The van der Waals surface area contributed by atoms with Gasteiger partial charge in [-0.3, -0.25) is 4.79 Å². The third kappa shape index (κ3) is 3.42. The molecule has 1 amide bonds. The third-order valence-electron chi connectivity index (χ3n) is 3.99. The van der Waals surface area contributed by atoms with Crippen LogP contribution >= 0.6 is 34.5 Å². The first-order valence-electron chi connectivity index (χ1n) is 8.10. The highest BCUT2D eigenvalue weighted by molar-refractivity contribution is 7.19. The van der Waals surface area contributed by atoms with Crippen molar-refractivity contribution in [3.05, 3.63) is 57.8 Å². The van der Waals surface area contributed by atoms with Crippen LogP contribution in [0.5, 0.6) is 5.75 Å². The van der Waals surface area contributed by atoms with Crippen molar-refractivity contribution in [2.45, 2.75) is 6.92 Å². The average molecular weight is 434 g/mol. The van der Waals surface area contributed by atoms with E-state index in [9.17, 15) is 4.79 Å². The molecule has 0 aliphatic rings. The molecular weight excluding hydrogens is 421 g/mol. The van der Waals surface area contributed by atoms with Gasteiger partial charge in [0.05, 0.1) is 17.7 Å². The molecule has 4 aromatic rings. The minimum absolute atomic E-state index is 0.258. The van der Waals surface area contributed by atoms with E-state index in [1.54, 1.807) is 16.6 Å². The SMILES string of the molecule is COc1c(Cl)cc(Cl)cc1C(=O)Nc1ccc(-c2nn3c(C)nnc3s2)cc1. The molecule has 1 N–H and O–H groups in total. The van der Waals surface area contributed by atoms with Gasteiger partial charge in [-0.15, -0.1) is 10.2 Å². The summed E-state index contributed by atoms with van der Waals surface area (Å²) in [6.45, 7) is 1.85. The van der Waals surface area contributed by atoms with Crippen LogP contribution in [0.4, 0.5) is 5.69 Å². The van der Waals surface area contributed by atoms with Crippen molar-refractivity contribution in [2.75, 3.05) is 12.4 Å². The van der Waals surface area contributed by atoms with Crippen molar-refractivity contribution in [3.8, 4) is 16.3 Å². The highest BCUT2D eigenvalue weighted by Gasteiger charge is 2.17. The lowest BCUT2D eigenvalue weighted by molar-refractivity contribution is 0.102. The normalized spacial score (nSPS) is 11.0. The molecule has 0 fully saturated rings. The summed E-state index contributed by atoms with van der Waals surface area (Å²) in [5, 5.41) is 16.8. The first-order valence-corrected chi connectivity index (χ1v) is 9.67. The van der Waals surface area contributed by atoms with Crippen LogP contribution in [0.3, 0.4) is 0 Å². The molecule has 4 rings (SSSR count). The monoisotopic (exact) mass is 433 g/mol. The van der Waals surface area contributed by atoms with Crippen molar-refractivity contribution in [1.29, 1.82) is 0 Å². The lowest BCUT2D eigenvalue weighted by atomic mass is 10.1. The number of aryl methyl sites for hydroxylation is 1. The zero-order valence-electron chi connectivity index (χ0n) is 14.7. The van der Waals surface area contributed by atoms with Crippen LogP contribution in [-0.2, 0) is 0 Å². The number of nitrogens with zero attached hydrogens (tertiary/aromatic N) is 4. The topological polar surface area (TPSA) is 81.4 Å².